The molecular weight excluding hydrogens is 414 g/mol. The van der Waals surface area contributed by atoms with Crippen LogP contribution in [0.5, 0.6) is 17.2 Å². The molecule has 0 aliphatic heterocycles. The first-order valence-corrected chi connectivity index (χ1v) is 11.0. The molecule has 0 atom stereocenters. The fraction of sp³-hybridized carbons (Fsp3) is 0.609. The molecule has 4 aliphatic carbocycles. The maximum Gasteiger partial charge on any atom is 0.269 e. The molecule has 3 N–H and O–H groups in total. The third kappa shape index (κ3) is 4.20. The first-order chi connectivity index (χ1) is 15.4. The van der Waals surface area contributed by atoms with Crippen LogP contribution >= 0.6 is 0 Å². The van der Waals surface area contributed by atoms with E-state index in [2.05, 4.69) is 16.2 Å². The number of hydrogen-bond donors (Lipinski definition) is 3. The molecule has 0 saturated heterocycles. The van der Waals surface area contributed by atoms with Gasteiger partial charge in [-0.1, -0.05) is 0 Å². The van der Waals surface area contributed by atoms with Crippen molar-refractivity contribution < 1.29 is 28.6 Å². The van der Waals surface area contributed by atoms with Gasteiger partial charge in [0.2, 0.25) is 11.7 Å². The van der Waals surface area contributed by atoms with E-state index >= 15 is 0 Å². The van der Waals surface area contributed by atoms with E-state index < -0.39 is 11.8 Å². The molecule has 1 aromatic carbocycles. The van der Waals surface area contributed by atoms with Crippen molar-refractivity contribution >= 4 is 17.7 Å². The lowest BCUT2D eigenvalue weighted by molar-refractivity contribution is -0.147. The van der Waals surface area contributed by atoms with Crippen molar-refractivity contribution in [2.45, 2.75) is 38.5 Å². The van der Waals surface area contributed by atoms with Crippen LogP contribution in [-0.2, 0) is 9.59 Å². The smallest absolute Gasteiger partial charge is 0.269 e. The van der Waals surface area contributed by atoms with Gasteiger partial charge in [-0.2, -0.15) is 0 Å². The van der Waals surface area contributed by atoms with Crippen LogP contribution in [0.25, 0.3) is 0 Å². The van der Waals surface area contributed by atoms with Crippen LogP contribution in [0.3, 0.4) is 0 Å². The van der Waals surface area contributed by atoms with Crippen molar-refractivity contribution in [2.24, 2.45) is 23.2 Å². The maximum absolute atomic E-state index is 12.9. The van der Waals surface area contributed by atoms with Gasteiger partial charge in [-0.05, 0) is 68.4 Å². The zero-order valence-corrected chi connectivity index (χ0v) is 18.8. The number of nitrogens with one attached hydrogen (secondary N) is 3. The lowest BCUT2D eigenvalue weighted by atomic mass is 9.49. The molecule has 32 heavy (non-hydrogen) atoms. The number of ether oxygens (including phenoxy) is 3. The lowest BCUT2D eigenvalue weighted by Gasteiger charge is -2.55. The van der Waals surface area contributed by atoms with Crippen LogP contribution in [0.1, 0.15) is 48.9 Å². The lowest BCUT2D eigenvalue weighted by Crippen LogP contribution is -2.55. The Balaban J connectivity index is 1.30. The van der Waals surface area contributed by atoms with Gasteiger partial charge in [-0.3, -0.25) is 25.2 Å². The van der Waals surface area contributed by atoms with Gasteiger partial charge in [0.05, 0.1) is 27.9 Å². The molecule has 5 rings (SSSR count). The molecule has 4 bridgehead atoms. The Morgan fingerprint density at radius 1 is 0.875 bits per heavy atom. The Hall–Kier alpha value is -2.97. The van der Waals surface area contributed by atoms with Crippen LogP contribution in [-0.4, -0.2) is 45.6 Å². The number of hydrazine groups is 1. The minimum atomic E-state index is -0.551. The molecule has 9 heteroatoms. The number of carbonyl (C=O) groups is 3. The topological polar surface area (TPSA) is 115 Å². The molecule has 1 aromatic rings. The Bertz CT molecular complexity index is 855. The fourth-order valence-electron chi connectivity index (χ4n) is 6.19. The van der Waals surface area contributed by atoms with E-state index in [9.17, 15) is 14.4 Å². The number of amides is 3. The van der Waals surface area contributed by atoms with Gasteiger partial charge in [0.15, 0.2) is 11.5 Å². The average molecular weight is 446 g/mol. The van der Waals surface area contributed by atoms with Crippen LogP contribution in [0.2, 0.25) is 0 Å². The highest BCUT2D eigenvalue weighted by molar-refractivity contribution is 5.97. The molecule has 0 unspecified atom stereocenters. The van der Waals surface area contributed by atoms with Gasteiger partial charge in [0, 0.05) is 11.0 Å². The van der Waals surface area contributed by atoms with Gasteiger partial charge in [0.1, 0.15) is 0 Å². The summed E-state index contributed by atoms with van der Waals surface area (Å²) >= 11 is 0. The third-order valence-corrected chi connectivity index (χ3v) is 7.17. The summed E-state index contributed by atoms with van der Waals surface area (Å²) in [5, 5.41) is 2.80. The summed E-state index contributed by atoms with van der Waals surface area (Å²) in [6.07, 6.45) is 6.55. The molecule has 4 fully saturated rings. The van der Waals surface area contributed by atoms with Crippen molar-refractivity contribution in [2.75, 3.05) is 27.9 Å². The van der Waals surface area contributed by atoms with Gasteiger partial charge >= 0.3 is 0 Å². The second-order valence-corrected chi connectivity index (χ2v) is 9.30. The van der Waals surface area contributed by atoms with Gasteiger partial charge in [-0.15, -0.1) is 0 Å². The predicted molar refractivity (Wildman–Crippen MR) is 115 cm³/mol. The monoisotopic (exact) mass is 445 g/mol. The molecule has 4 aliphatic rings. The molecule has 9 nitrogen and oxygen atoms in total. The second-order valence-electron chi connectivity index (χ2n) is 9.30. The van der Waals surface area contributed by atoms with E-state index in [0.29, 0.717) is 35.0 Å². The van der Waals surface area contributed by atoms with Crippen LogP contribution < -0.4 is 30.4 Å². The molecule has 0 spiro atoms. The summed E-state index contributed by atoms with van der Waals surface area (Å²) in [6.45, 7) is -0.184. The molecule has 0 aromatic heterocycles. The SMILES string of the molecule is COc1cc(C(=O)NNC(=O)CNC(=O)C23CC4CC(CC(C4)C2)C3)cc(OC)c1OC. The largest absolute Gasteiger partial charge is 0.493 e. The van der Waals surface area contributed by atoms with E-state index in [1.165, 1.54) is 52.7 Å². The Morgan fingerprint density at radius 3 is 1.88 bits per heavy atom. The number of carbonyl (C=O) groups excluding carboxylic acids is 3. The molecular formula is C23H31N3O6. The standard InChI is InChI=1S/C23H31N3O6/c1-30-17-7-16(8-18(31-2)20(17)32-3)21(28)26-25-19(27)12-24-22(29)23-9-13-4-14(10-23)6-15(5-13)11-23/h7-8,13-15H,4-6,9-12H2,1-3H3,(H,24,29)(H,25,27)(H,26,28). The maximum atomic E-state index is 12.9. The molecule has 3 amide bonds. The zero-order chi connectivity index (χ0) is 22.9. The van der Waals surface area contributed by atoms with Crippen molar-refractivity contribution in [3.05, 3.63) is 17.7 Å². The Morgan fingerprint density at radius 2 is 1.41 bits per heavy atom. The summed E-state index contributed by atoms with van der Waals surface area (Å²) in [5.74, 6) is 1.90. The summed E-state index contributed by atoms with van der Waals surface area (Å²) in [7, 11) is 4.37. The minimum absolute atomic E-state index is 0.0253. The normalized spacial score (nSPS) is 27.4. The Kier molecular flexibility index (Phi) is 6.17. The van der Waals surface area contributed by atoms with E-state index in [0.717, 1.165) is 19.3 Å². The van der Waals surface area contributed by atoms with Crippen molar-refractivity contribution in [3.8, 4) is 17.2 Å². The van der Waals surface area contributed by atoms with Gasteiger partial charge in [-0.25, -0.2) is 0 Å². The average Bonchev–Trinajstić information content (AvgIpc) is 2.78. The third-order valence-electron chi connectivity index (χ3n) is 7.17. The van der Waals surface area contributed by atoms with E-state index in [-0.39, 0.29) is 23.4 Å². The molecule has 0 heterocycles. The first-order valence-electron chi connectivity index (χ1n) is 11.0. The van der Waals surface area contributed by atoms with Crippen LogP contribution in [0.4, 0.5) is 0 Å². The van der Waals surface area contributed by atoms with E-state index in [1.54, 1.807) is 0 Å². The first kappa shape index (κ1) is 22.2. The quantitative estimate of drug-likeness (QED) is 0.552. The fourth-order valence-corrected chi connectivity index (χ4v) is 6.19. The highest BCUT2D eigenvalue weighted by atomic mass is 16.5. The Labute approximate surface area is 187 Å². The molecule has 174 valence electrons. The highest BCUT2D eigenvalue weighted by Crippen LogP contribution is 2.60. The van der Waals surface area contributed by atoms with Crippen molar-refractivity contribution in [1.29, 1.82) is 0 Å². The van der Waals surface area contributed by atoms with Crippen LogP contribution in [0.15, 0.2) is 12.1 Å². The molecule has 0 radical (unpaired) electrons. The summed E-state index contributed by atoms with van der Waals surface area (Å²) in [5.41, 5.74) is 4.61. The summed E-state index contributed by atoms with van der Waals surface area (Å²) in [6, 6.07) is 2.97. The predicted octanol–water partition coefficient (Wildman–Crippen LogP) is 1.81. The second kappa shape index (κ2) is 8.88. The minimum Gasteiger partial charge on any atom is -0.493 e. The van der Waals surface area contributed by atoms with Crippen LogP contribution in [0, 0.1) is 23.2 Å². The summed E-state index contributed by atoms with van der Waals surface area (Å²) < 4.78 is 15.7. The summed E-state index contributed by atoms with van der Waals surface area (Å²) in [4.78, 5) is 37.7. The number of benzene rings is 1. The van der Waals surface area contributed by atoms with E-state index in [1.807, 2.05) is 0 Å². The van der Waals surface area contributed by atoms with Gasteiger partial charge in [0.25, 0.3) is 11.8 Å². The van der Waals surface area contributed by atoms with Gasteiger partial charge < -0.3 is 19.5 Å². The van der Waals surface area contributed by atoms with E-state index in [4.69, 9.17) is 14.2 Å². The number of rotatable bonds is 7. The number of hydrogen-bond acceptors (Lipinski definition) is 6. The van der Waals surface area contributed by atoms with Crippen molar-refractivity contribution in [3.63, 3.8) is 0 Å². The zero-order valence-electron chi connectivity index (χ0n) is 18.8. The highest BCUT2D eigenvalue weighted by Gasteiger charge is 2.54. The molecule has 4 saturated carbocycles. The number of methoxy groups -OCH3 is 3. The van der Waals surface area contributed by atoms with Crippen molar-refractivity contribution in [1.82, 2.24) is 16.2 Å².